The van der Waals surface area contributed by atoms with Crippen molar-refractivity contribution in [3.8, 4) is 11.3 Å². The Bertz CT molecular complexity index is 982. The van der Waals surface area contributed by atoms with Gasteiger partial charge in [0.1, 0.15) is 16.9 Å². The van der Waals surface area contributed by atoms with Crippen LogP contribution in [0, 0.1) is 10.1 Å². The fourth-order valence-electron chi connectivity index (χ4n) is 2.02. The molecular weight excluding hydrogens is 405 g/mol. The molecule has 3 rings (SSSR count). The number of nitrogens with zero attached hydrogens (tertiary/aromatic N) is 4. The monoisotopic (exact) mass is 412 g/mol. The maximum Gasteiger partial charge on any atom is 0.433 e. The first-order chi connectivity index (χ1) is 12.7. The van der Waals surface area contributed by atoms with Crippen molar-refractivity contribution >= 4 is 29.1 Å². The molecule has 0 spiro atoms. The van der Waals surface area contributed by atoms with E-state index in [2.05, 4.69) is 15.0 Å². The third kappa shape index (κ3) is 4.72. The van der Waals surface area contributed by atoms with Gasteiger partial charge in [-0.25, -0.2) is 15.0 Å². The predicted octanol–water partition coefficient (Wildman–Crippen LogP) is 5.27. The standard InChI is InChI=1S/C16H8ClF3N4O2S/c17-10-3-1-9(2-4-10)12-7-13(16(18,19)20)23-15(22-12)27-14-6-5-11(8-21-14)24(25)26/h1-8H. The van der Waals surface area contributed by atoms with Gasteiger partial charge in [0.05, 0.1) is 10.6 Å². The van der Waals surface area contributed by atoms with Crippen molar-refractivity contribution in [2.45, 2.75) is 16.4 Å². The Labute approximate surface area is 159 Å². The lowest BCUT2D eigenvalue weighted by Gasteiger charge is -2.10. The van der Waals surface area contributed by atoms with Crippen LogP contribution in [0.2, 0.25) is 5.02 Å². The Kier molecular flexibility index (Phi) is 5.29. The van der Waals surface area contributed by atoms with Crippen LogP contribution in [0.3, 0.4) is 0 Å². The van der Waals surface area contributed by atoms with E-state index in [1.807, 2.05) is 0 Å². The first-order valence-corrected chi connectivity index (χ1v) is 8.42. The van der Waals surface area contributed by atoms with Crippen LogP contribution < -0.4 is 0 Å². The van der Waals surface area contributed by atoms with E-state index in [9.17, 15) is 23.3 Å². The molecule has 0 radical (unpaired) electrons. The summed E-state index contributed by atoms with van der Waals surface area (Å²) in [4.78, 5) is 21.5. The lowest BCUT2D eigenvalue weighted by atomic mass is 10.1. The number of nitro groups is 1. The number of hydrogen-bond acceptors (Lipinski definition) is 6. The lowest BCUT2D eigenvalue weighted by Crippen LogP contribution is -2.10. The quantitative estimate of drug-likeness (QED) is 0.330. The van der Waals surface area contributed by atoms with Gasteiger partial charge in [-0.2, -0.15) is 13.2 Å². The highest BCUT2D eigenvalue weighted by Crippen LogP contribution is 2.33. The molecule has 0 saturated carbocycles. The third-order valence-corrected chi connectivity index (χ3v) is 4.33. The summed E-state index contributed by atoms with van der Waals surface area (Å²) < 4.78 is 39.6. The molecule has 0 aliphatic rings. The Balaban J connectivity index is 1.99. The van der Waals surface area contributed by atoms with Gasteiger partial charge in [0.15, 0.2) is 5.16 Å². The average Bonchev–Trinajstić information content (AvgIpc) is 2.62. The van der Waals surface area contributed by atoms with Gasteiger partial charge in [-0.05, 0) is 36.0 Å². The van der Waals surface area contributed by atoms with E-state index in [1.54, 1.807) is 12.1 Å². The summed E-state index contributed by atoms with van der Waals surface area (Å²) in [6.45, 7) is 0. The summed E-state index contributed by atoms with van der Waals surface area (Å²) in [5.74, 6) is 0. The molecule has 0 fully saturated rings. The molecule has 2 aromatic heterocycles. The normalized spacial score (nSPS) is 11.4. The molecule has 0 saturated heterocycles. The fraction of sp³-hybridized carbons (Fsp3) is 0.0625. The van der Waals surface area contributed by atoms with Gasteiger partial charge in [0.2, 0.25) is 0 Å². The van der Waals surface area contributed by atoms with E-state index in [0.29, 0.717) is 10.6 Å². The maximum atomic E-state index is 13.2. The van der Waals surface area contributed by atoms with Crippen molar-refractivity contribution in [1.29, 1.82) is 0 Å². The zero-order valence-electron chi connectivity index (χ0n) is 13.1. The molecule has 11 heteroatoms. The number of benzene rings is 1. The molecule has 2 heterocycles. The number of pyridine rings is 1. The van der Waals surface area contributed by atoms with Crippen LogP contribution in [0.4, 0.5) is 18.9 Å². The van der Waals surface area contributed by atoms with Gasteiger partial charge in [-0.15, -0.1) is 0 Å². The molecule has 3 aromatic rings. The Hall–Kier alpha value is -2.72. The molecule has 0 N–H and O–H groups in total. The zero-order chi connectivity index (χ0) is 19.6. The Morgan fingerprint density at radius 3 is 2.33 bits per heavy atom. The number of hydrogen-bond donors (Lipinski definition) is 0. The topological polar surface area (TPSA) is 81.8 Å². The molecule has 0 atom stereocenters. The van der Waals surface area contributed by atoms with E-state index in [0.717, 1.165) is 24.0 Å². The van der Waals surface area contributed by atoms with Crippen molar-refractivity contribution in [3.63, 3.8) is 0 Å². The second kappa shape index (κ2) is 7.49. The number of halogens is 4. The highest BCUT2D eigenvalue weighted by Gasteiger charge is 2.34. The molecule has 6 nitrogen and oxygen atoms in total. The van der Waals surface area contributed by atoms with Crippen LogP contribution in [-0.2, 0) is 6.18 Å². The summed E-state index contributed by atoms with van der Waals surface area (Å²) in [5.41, 5.74) is -0.831. The molecule has 27 heavy (non-hydrogen) atoms. The Morgan fingerprint density at radius 1 is 1.07 bits per heavy atom. The highest BCUT2D eigenvalue weighted by molar-refractivity contribution is 7.99. The van der Waals surface area contributed by atoms with Gasteiger partial charge in [0, 0.05) is 16.7 Å². The summed E-state index contributed by atoms with van der Waals surface area (Å²) in [5, 5.41) is 11.1. The van der Waals surface area contributed by atoms with Crippen molar-refractivity contribution in [3.05, 3.63) is 69.5 Å². The van der Waals surface area contributed by atoms with Crippen molar-refractivity contribution in [2.75, 3.05) is 0 Å². The van der Waals surface area contributed by atoms with Gasteiger partial charge in [-0.1, -0.05) is 23.7 Å². The fourth-order valence-corrected chi connectivity index (χ4v) is 2.86. The van der Waals surface area contributed by atoms with E-state index in [4.69, 9.17) is 11.6 Å². The van der Waals surface area contributed by atoms with E-state index in [1.165, 1.54) is 24.3 Å². The number of aromatic nitrogens is 3. The molecule has 0 aliphatic heterocycles. The minimum atomic E-state index is -4.66. The predicted molar refractivity (Wildman–Crippen MR) is 92.5 cm³/mol. The van der Waals surface area contributed by atoms with Crippen molar-refractivity contribution < 1.29 is 18.1 Å². The second-order valence-corrected chi connectivity index (χ2v) is 6.56. The van der Waals surface area contributed by atoms with Crippen LogP contribution in [0.25, 0.3) is 11.3 Å². The zero-order valence-corrected chi connectivity index (χ0v) is 14.7. The minimum absolute atomic E-state index is 0.0680. The highest BCUT2D eigenvalue weighted by atomic mass is 35.5. The summed E-state index contributed by atoms with van der Waals surface area (Å²) in [7, 11) is 0. The van der Waals surface area contributed by atoms with Crippen molar-refractivity contribution in [1.82, 2.24) is 15.0 Å². The molecular formula is C16H8ClF3N4O2S. The summed E-state index contributed by atoms with van der Waals surface area (Å²) >= 11 is 6.57. The first kappa shape index (κ1) is 19.1. The molecule has 0 aliphatic carbocycles. The SMILES string of the molecule is O=[N+]([O-])c1ccc(Sc2nc(-c3ccc(Cl)cc3)cc(C(F)(F)F)n2)nc1. The van der Waals surface area contributed by atoms with E-state index >= 15 is 0 Å². The van der Waals surface area contributed by atoms with Gasteiger partial charge in [0.25, 0.3) is 5.69 Å². The third-order valence-electron chi connectivity index (χ3n) is 3.26. The number of rotatable bonds is 4. The van der Waals surface area contributed by atoms with Crippen LogP contribution in [0.5, 0.6) is 0 Å². The van der Waals surface area contributed by atoms with E-state index in [-0.39, 0.29) is 21.6 Å². The van der Waals surface area contributed by atoms with Crippen LogP contribution in [0.15, 0.2) is 58.8 Å². The van der Waals surface area contributed by atoms with Crippen molar-refractivity contribution in [2.24, 2.45) is 0 Å². The largest absolute Gasteiger partial charge is 0.433 e. The first-order valence-electron chi connectivity index (χ1n) is 7.23. The van der Waals surface area contributed by atoms with E-state index < -0.39 is 16.8 Å². The Morgan fingerprint density at radius 2 is 1.78 bits per heavy atom. The van der Waals surface area contributed by atoms with Gasteiger partial charge in [-0.3, -0.25) is 10.1 Å². The number of alkyl halides is 3. The average molecular weight is 413 g/mol. The smallest absolute Gasteiger partial charge is 0.258 e. The van der Waals surface area contributed by atoms with Crippen LogP contribution in [-0.4, -0.2) is 19.9 Å². The second-order valence-electron chi connectivity index (χ2n) is 5.14. The molecule has 0 unspecified atom stereocenters. The maximum absolute atomic E-state index is 13.2. The molecule has 0 amide bonds. The van der Waals surface area contributed by atoms with Crippen LogP contribution in [0.1, 0.15) is 5.69 Å². The summed E-state index contributed by atoms with van der Waals surface area (Å²) in [6, 6.07) is 9.52. The van der Waals surface area contributed by atoms with Gasteiger partial charge >= 0.3 is 6.18 Å². The summed E-state index contributed by atoms with van der Waals surface area (Å²) in [6.07, 6.45) is -3.65. The molecule has 138 valence electrons. The lowest BCUT2D eigenvalue weighted by molar-refractivity contribution is -0.385. The van der Waals surface area contributed by atoms with Gasteiger partial charge < -0.3 is 0 Å². The molecule has 1 aromatic carbocycles. The van der Waals surface area contributed by atoms with Crippen LogP contribution >= 0.6 is 23.4 Å². The minimum Gasteiger partial charge on any atom is -0.258 e. The molecule has 0 bridgehead atoms.